The maximum atomic E-state index is 11.2. The molecule has 0 aromatic carbocycles. The summed E-state index contributed by atoms with van der Waals surface area (Å²) in [6.45, 7) is 2.08. The van der Waals surface area contributed by atoms with E-state index in [0.29, 0.717) is 0 Å². The molecule has 0 saturated carbocycles. The van der Waals surface area contributed by atoms with Crippen LogP contribution >= 0.6 is 11.3 Å². The SMILES string of the molecule is CCc1cc2c(=O)[nH]ncc2s1. The lowest BCUT2D eigenvalue weighted by atomic mass is 10.3. The second-order valence-electron chi connectivity index (χ2n) is 2.54. The minimum Gasteiger partial charge on any atom is -0.267 e. The molecule has 12 heavy (non-hydrogen) atoms. The standard InChI is InChI=1S/C8H8N2OS/c1-2-5-3-6-7(12-5)4-9-10-8(6)11/h3-4H,2H2,1H3,(H,10,11). The summed E-state index contributed by atoms with van der Waals surface area (Å²) >= 11 is 1.63. The Labute approximate surface area is 73.1 Å². The molecule has 0 aliphatic rings. The molecule has 4 heteroatoms. The summed E-state index contributed by atoms with van der Waals surface area (Å²) in [4.78, 5) is 12.4. The van der Waals surface area contributed by atoms with Crippen molar-refractivity contribution in [1.82, 2.24) is 10.2 Å². The lowest BCUT2D eigenvalue weighted by molar-refractivity contribution is 1.01. The first-order chi connectivity index (χ1) is 5.81. The summed E-state index contributed by atoms with van der Waals surface area (Å²) in [5.41, 5.74) is -0.0940. The average Bonchev–Trinajstić information content (AvgIpc) is 2.49. The molecule has 0 atom stereocenters. The average molecular weight is 180 g/mol. The van der Waals surface area contributed by atoms with Gasteiger partial charge < -0.3 is 0 Å². The molecule has 0 aliphatic heterocycles. The molecule has 0 fully saturated rings. The van der Waals surface area contributed by atoms with Crippen LogP contribution in [0.15, 0.2) is 17.1 Å². The lowest BCUT2D eigenvalue weighted by Crippen LogP contribution is -2.05. The summed E-state index contributed by atoms with van der Waals surface area (Å²) in [6, 6.07) is 1.93. The lowest BCUT2D eigenvalue weighted by Gasteiger charge is -1.82. The number of rotatable bonds is 1. The van der Waals surface area contributed by atoms with Crippen molar-refractivity contribution in [3.05, 3.63) is 27.5 Å². The van der Waals surface area contributed by atoms with E-state index < -0.39 is 0 Å². The zero-order valence-corrected chi connectivity index (χ0v) is 7.44. The molecule has 62 valence electrons. The maximum absolute atomic E-state index is 11.2. The van der Waals surface area contributed by atoms with Gasteiger partial charge in [-0.15, -0.1) is 11.3 Å². The molecule has 3 nitrogen and oxygen atoms in total. The van der Waals surface area contributed by atoms with E-state index in [1.165, 1.54) is 4.88 Å². The van der Waals surface area contributed by atoms with Crippen LogP contribution < -0.4 is 5.56 Å². The molecule has 0 amide bonds. The number of aromatic amines is 1. The molecule has 0 saturated heterocycles. The van der Waals surface area contributed by atoms with Crippen LogP contribution in [-0.2, 0) is 6.42 Å². The minimum absolute atomic E-state index is 0.0940. The van der Waals surface area contributed by atoms with Crippen molar-refractivity contribution in [3.63, 3.8) is 0 Å². The van der Waals surface area contributed by atoms with E-state index in [9.17, 15) is 4.79 Å². The predicted molar refractivity (Wildman–Crippen MR) is 49.6 cm³/mol. The monoisotopic (exact) mass is 180 g/mol. The third kappa shape index (κ3) is 1.04. The Balaban J connectivity index is 2.83. The number of nitrogens with zero attached hydrogens (tertiary/aromatic N) is 1. The number of aryl methyl sites for hydroxylation is 1. The number of hydrogen-bond donors (Lipinski definition) is 1. The van der Waals surface area contributed by atoms with Gasteiger partial charge in [0, 0.05) is 4.88 Å². The number of fused-ring (bicyclic) bond motifs is 1. The van der Waals surface area contributed by atoms with Crippen LogP contribution in [0.3, 0.4) is 0 Å². The Bertz CT molecular complexity index is 457. The van der Waals surface area contributed by atoms with Gasteiger partial charge in [-0.25, -0.2) is 5.10 Å². The van der Waals surface area contributed by atoms with Crippen molar-refractivity contribution in [1.29, 1.82) is 0 Å². The third-order valence-electron chi connectivity index (χ3n) is 1.75. The van der Waals surface area contributed by atoms with Gasteiger partial charge >= 0.3 is 0 Å². The third-order valence-corrected chi connectivity index (χ3v) is 2.97. The van der Waals surface area contributed by atoms with Gasteiger partial charge in [0.25, 0.3) is 5.56 Å². The number of nitrogens with one attached hydrogen (secondary N) is 1. The van der Waals surface area contributed by atoms with Crippen molar-refractivity contribution in [3.8, 4) is 0 Å². The Morgan fingerprint density at radius 3 is 3.17 bits per heavy atom. The van der Waals surface area contributed by atoms with Crippen LogP contribution in [0.1, 0.15) is 11.8 Å². The van der Waals surface area contributed by atoms with Crippen LogP contribution in [0.4, 0.5) is 0 Å². The van der Waals surface area contributed by atoms with Gasteiger partial charge in [-0.3, -0.25) is 4.79 Å². The van der Waals surface area contributed by atoms with E-state index in [1.807, 2.05) is 6.07 Å². The Morgan fingerprint density at radius 2 is 2.50 bits per heavy atom. The summed E-state index contributed by atoms with van der Waals surface area (Å²) in [5, 5.41) is 6.90. The van der Waals surface area contributed by atoms with Crippen molar-refractivity contribution in [2.24, 2.45) is 0 Å². The van der Waals surface area contributed by atoms with Gasteiger partial charge in [-0.1, -0.05) is 6.92 Å². The van der Waals surface area contributed by atoms with E-state index in [2.05, 4.69) is 17.1 Å². The highest BCUT2D eigenvalue weighted by molar-refractivity contribution is 7.19. The Kier molecular flexibility index (Phi) is 1.69. The zero-order chi connectivity index (χ0) is 8.55. The number of aromatic nitrogens is 2. The molecule has 1 N–H and O–H groups in total. The summed E-state index contributed by atoms with van der Waals surface area (Å²) in [6.07, 6.45) is 2.67. The fourth-order valence-electron chi connectivity index (χ4n) is 1.12. The molecule has 2 heterocycles. The second kappa shape index (κ2) is 2.71. The highest BCUT2D eigenvalue weighted by atomic mass is 32.1. The van der Waals surface area contributed by atoms with Crippen LogP contribution in [0, 0.1) is 0 Å². The van der Waals surface area contributed by atoms with Crippen LogP contribution in [0.25, 0.3) is 10.1 Å². The van der Waals surface area contributed by atoms with Crippen LogP contribution in [0.5, 0.6) is 0 Å². The van der Waals surface area contributed by atoms with Gasteiger partial charge in [-0.05, 0) is 12.5 Å². The van der Waals surface area contributed by atoms with Gasteiger partial charge in [0.1, 0.15) is 0 Å². The first-order valence-electron chi connectivity index (χ1n) is 3.77. The molecule has 2 rings (SSSR count). The number of H-pyrrole nitrogens is 1. The molecule has 2 aromatic rings. The van der Waals surface area contributed by atoms with Crippen molar-refractivity contribution >= 4 is 21.4 Å². The molecule has 0 bridgehead atoms. The molecule has 2 aromatic heterocycles. The normalized spacial score (nSPS) is 10.8. The molecular weight excluding hydrogens is 172 g/mol. The Morgan fingerprint density at radius 1 is 1.67 bits per heavy atom. The van der Waals surface area contributed by atoms with Gasteiger partial charge in [-0.2, -0.15) is 5.10 Å². The molecule has 0 spiro atoms. The largest absolute Gasteiger partial charge is 0.272 e. The number of thiophene rings is 1. The highest BCUT2D eigenvalue weighted by Gasteiger charge is 2.02. The Hall–Kier alpha value is -1.16. The molecule has 0 aliphatic carbocycles. The summed E-state index contributed by atoms with van der Waals surface area (Å²) < 4.78 is 0.968. The second-order valence-corrected chi connectivity index (χ2v) is 3.71. The fourth-order valence-corrected chi connectivity index (χ4v) is 2.09. The highest BCUT2D eigenvalue weighted by Crippen LogP contribution is 2.21. The van der Waals surface area contributed by atoms with Crippen molar-refractivity contribution < 1.29 is 0 Å². The quantitative estimate of drug-likeness (QED) is 0.723. The van der Waals surface area contributed by atoms with Crippen LogP contribution in [-0.4, -0.2) is 10.2 Å². The van der Waals surface area contributed by atoms with E-state index in [4.69, 9.17) is 0 Å². The zero-order valence-electron chi connectivity index (χ0n) is 6.63. The van der Waals surface area contributed by atoms with E-state index in [0.717, 1.165) is 16.5 Å². The molecule has 0 unspecified atom stereocenters. The summed E-state index contributed by atoms with van der Waals surface area (Å²) in [5.74, 6) is 0. The fraction of sp³-hybridized carbons (Fsp3) is 0.250. The van der Waals surface area contributed by atoms with Gasteiger partial charge in [0.05, 0.1) is 16.3 Å². The predicted octanol–water partition coefficient (Wildman–Crippen LogP) is 1.55. The first-order valence-corrected chi connectivity index (χ1v) is 4.59. The van der Waals surface area contributed by atoms with Gasteiger partial charge in [0.2, 0.25) is 0 Å². The summed E-state index contributed by atoms with van der Waals surface area (Å²) in [7, 11) is 0. The molecule has 0 radical (unpaired) electrons. The van der Waals surface area contributed by atoms with E-state index >= 15 is 0 Å². The van der Waals surface area contributed by atoms with Crippen molar-refractivity contribution in [2.45, 2.75) is 13.3 Å². The molecular formula is C8H8N2OS. The van der Waals surface area contributed by atoms with Crippen molar-refractivity contribution in [2.75, 3.05) is 0 Å². The minimum atomic E-state index is -0.0940. The number of hydrogen-bond acceptors (Lipinski definition) is 3. The maximum Gasteiger partial charge on any atom is 0.272 e. The first kappa shape index (κ1) is 7.49. The van der Waals surface area contributed by atoms with E-state index in [1.54, 1.807) is 17.5 Å². The van der Waals surface area contributed by atoms with E-state index in [-0.39, 0.29) is 5.56 Å². The smallest absolute Gasteiger partial charge is 0.267 e. The topological polar surface area (TPSA) is 45.8 Å². The van der Waals surface area contributed by atoms with Crippen LogP contribution in [0.2, 0.25) is 0 Å². The van der Waals surface area contributed by atoms with Gasteiger partial charge in [0.15, 0.2) is 0 Å².